The van der Waals surface area contributed by atoms with Crippen molar-refractivity contribution in [3.8, 4) is 0 Å². The summed E-state index contributed by atoms with van der Waals surface area (Å²) in [5.41, 5.74) is 2.07. The number of ketones is 1. The summed E-state index contributed by atoms with van der Waals surface area (Å²) in [5, 5.41) is 0. The van der Waals surface area contributed by atoms with Crippen LogP contribution in [0, 0.1) is 17.3 Å². The van der Waals surface area contributed by atoms with Crippen molar-refractivity contribution in [3.05, 3.63) is 71.8 Å². The van der Waals surface area contributed by atoms with Gasteiger partial charge in [-0.2, -0.15) is 0 Å². The van der Waals surface area contributed by atoms with Crippen molar-refractivity contribution in [1.82, 2.24) is 0 Å². The molecule has 1 aromatic rings. The maximum Gasteiger partial charge on any atom is 0.509 e. The lowest BCUT2D eigenvalue weighted by molar-refractivity contribution is -0.148. The Kier molecular flexibility index (Phi) is 14.9. The monoisotopic (exact) mass is 796 g/mol. The van der Waals surface area contributed by atoms with Crippen molar-refractivity contribution < 1.29 is 37.4 Å². The number of fused-ring (bicyclic) bond motifs is 1. The van der Waals surface area contributed by atoms with Crippen LogP contribution in [0.1, 0.15) is 108 Å². The lowest BCUT2D eigenvalue weighted by Gasteiger charge is -2.57. The third-order valence-corrected chi connectivity index (χ3v) is 24.6. The molecular weight excluding hydrogens is 725 g/mol. The Morgan fingerprint density at radius 1 is 0.964 bits per heavy atom. The number of hydrogen-bond acceptors (Lipinski definition) is 8. The summed E-state index contributed by atoms with van der Waals surface area (Å²) in [6.07, 6.45) is -0.684. The number of benzene rings is 1. The van der Waals surface area contributed by atoms with Crippen LogP contribution in [0.2, 0.25) is 34.8 Å². The Balaban J connectivity index is 1.92. The molecule has 2 aliphatic carbocycles. The molecule has 55 heavy (non-hydrogen) atoms. The third kappa shape index (κ3) is 8.33. The van der Waals surface area contributed by atoms with Gasteiger partial charge in [-0.3, -0.25) is 4.79 Å². The molecule has 0 radical (unpaired) electrons. The first-order chi connectivity index (χ1) is 25.8. The van der Waals surface area contributed by atoms with E-state index in [2.05, 4.69) is 82.7 Å². The average Bonchev–Trinajstić information content (AvgIpc) is 3.47. The highest BCUT2D eigenvalue weighted by molar-refractivity contribution is 6.77. The first kappa shape index (κ1) is 45.4. The second-order valence-electron chi connectivity index (χ2n) is 17.8. The Bertz CT molecular complexity index is 1520. The molecule has 10 heteroatoms. The van der Waals surface area contributed by atoms with Gasteiger partial charge in [0.05, 0.1) is 18.8 Å². The van der Waals surface area contributed by atoms with Gasteiger partial charge in [-0.1, -0.05) is 126 Å². The topological polar surface area (TPSA) is 89.5 Å². The average molecular weight is 797 g/mol. The van der Waals surface area contributed by atoms with E-state index < -0.39 is 70.1 Å². The molecule has 1 spiro atoms. The lowest BCUT2D eigenvalue weighted by Crippen LogP contribution is -2.66. The first-order valence-corrected chi connectivity index (χ1v) is 25.5. The van der Waals surface area contributed by atoms with E-state index in [-0.39, 0.29) is 12.6 Å². The summed E-state index contributed by atoms with van der Waals surface area (Å²) in [7, 11) is -4.83. The fraction of sp³-hybridized carbons (Fsp3) is 0.689. The van der Waals surface area contributed by atoms with Crippen LogP contribution < -0.4 is 0 Å². The second kappa shape index (κ2) is 18.1. The predicted molar refractivity (Wildman–Crippen MR) is 226 cm³/mol. The van der Waals surface area contributed by atoms with Crippen LogP contribution in [0.15, 0.2) is 66.3 Å². The third-order valence-electron chi connectivity index (χ3n) is 13.9. The molecule has 1 heterocycles. The number of carbonyl (C=O) groups is 2. The van der Waals surface area contributed by atoms with Crippen molar-refractivity contribution in [2.75, 3.05) is 6.79 Å². The van der Waals surface area contributed by atoms with Crippen molar-refractivity contribution in [3.63, 3.8) is 0 Å². The highest BCUT2D eigenvalue weighted by Gasteiger charge is 2.71. The molecule has 0 N–H and O–H groups in total. The molecule has 1 aliphatic heterocycles. The van der Waals surface area contributed by atoms with Crippen LogP contribution in [0.25, 0.3) is 0 Å². The molecule has 0 unspecified atom stereocenters. The van der Waals surface area contributed by atoms with Crippen LogP contribution in [-0.4, -0.2) is 65.4 Å². The van der Waals surface area contributed by atoms with Crippen LogP contribution in [0.5, 0.6) is 0 Å². The molecule has 1 saturated heterocycles. The highest BCUT2D eigenvalue weighted by atomic mass is 28.4. The zero-order chi connectivity index (χ0) is 41.1. The normalized spacial score (nSPS) is 27.5. The fourth-order valence-electron chi connectivity index (χ4n) is 10.6. The second-order valence-corrected chi connectivity index (χ2v) is 28.0. The Labute approximate surface area is 335 Å². The molecule has 4 rings (SSSR count). The van der Waals surface area contributed by atoms with Gasteiger partial charge in [-0.25, -0.2) is 4.79 Å². The minimum absolute atomic E-state index is 0.0236. The standard InChI is InChI=1S/C45H72O8Si2/c1-16-23-36(49-28-48-27-35-24-21-20-22-25-35)32(11)38-34(13)41(53-54(17-2,18-3)19-4)40(46)39-33(12)37(52-55(29(5)6,30(7)8)31(9)10)26-45(44(39,14)15)42(38)50-43(47)51-45/h16,20-22,24-25,29-31,34,36-38,41-42H,1,11,17-19,23,26-28H2,2-10,12-15H3/t34-,36+,37-,38+,41-,42-,45+/m0/s1. The van der Waals surface area contributed by atoms with Crippen LogP contribution >= 0.6 is 0 Å². The predicted octanol–water partition coefficient (Wildman–Crippen LogP) is 11.5. The zero-order valence-electron chi connectivity index (χ0n) is 36.3. The van der Waals surface area contributed by atoms with E-state index in [4.69, 9.17) is 34.4 Å². The van der Waals surface area contributed by atoms with Crippen LogP contribution in [-0.2, 0) is 39.2 Å². The molecule has 1 aromatic carbocycles. The molecule has 8 nitrogen and oxygen atoms in total. The number of Topliss-reactive ketones (excluding diaryl/α,β-unsaturated/α-hetero) is 1. The van der Waals surface area contributed by atoms with Gasteiger partial charge in [0.2, 0.25) is 8.32 Å². The quantitative estimate of drug-likeness (QED) is 0.0449. The summed E-state index contributed by atoms with van der Waals surface area (Å²) in [4.78, 5) is 29.4. The highest BCUT2D eigenvalue weighted by Crippen LogP contribution is 2.61. The Morgan fingerprint density at radius 3 is 2.07 bits per heavy atom. The maximum atomic E-state index is 15.7. The van der Waals surface area contributed by atoms with Crippen LogP contribution in [0.4, 0.5) is 4.79 Å². The minimum Gasteiger partial charge on any atom is -0.426 e. The number of hydrogen-bond donors (Lipinski definition) is 0. The van der Waals surface area contributed by atoms with Crippen molar-refractivity contribution >= 4 is 28.6 Å². The number of ether oxygens (including phenoxy) is 4. The summed E-state index contributed by atoms with van der Waals surface area (Å²) in [5.74, 6) is -1.03. The molecule has 308 valence electrons. The molecule has 2 bridgehead atoms. The van der Waals surface area contributed by atoms with Gasteiger partial charge < -0.3 is 27.8 Å². The Hall–Kier alpha value is -2.35. The SMILES string of the molecule is C=CC[C@@H](OCOCc1ccccc1)C(=C)[C@@H]1[C@H](C)[C@H](O[Si](CC)(CC)CC)C(=O)C2=C(C)[C@@H](O[Si](C(C)C)(C(C)C)C(C)C)C[C@]3(OC(=O)O[C@@H]13)C2(C)C. The van der Waals surface area contributed by atoms with Gasteiger partial charge in [-0.05, 0) is 70.7 Å². The van der Waals surface area contributed by atoms with Crippen molar-refractivity contribution in [2.45, 2.75) is 174 Å². The van der Waals surface area contributed by atoms with E-state index in [1.165, 1.54) is 0 Å². The van der Waals surface area contributed by atoms with E-state index in [0.29, 0.717) is 47.2 Å². The largest absolute Gasteiger partial charge is 0.509 e. The zero-order valence-corrected chi connectivity index (χ0v) is 38.3. The minimum atomic E-state index is -2.48. The van der Waals surface area contributed by atoms with Crippen molar-refractivity contribution in [2.24, 2.45) is 17.3 Å². The maximum absolute atomic E-state index is 15.7. The van der Waals surface area contributed by atoms with Gasteiger partial charge in [-0.15, -0.1) is 6.58 Å². The fourth-order valence-corrected chi connectivity index (χ4v) is 19.1. The molecule has 0 amide bonds. The smallest absolute Gasteiger partial charge is 0.426 e. The van der Waals surface area contributed by atoms with E-state index >= 15 is 4.79 Å². The molecule has 3 aliphatic rings. The van der Waals surface area contributed by atoms with Gasteiger partial charge >= 0.3 is 6.16 Å². The number of carbonyl (C=O) groups excluding carboxylic acids is 2. The van der Waals surface area contributed by atoms with Crippen molar-refractivity contribution in [1.29, 1.82) is 0 Å². The summed E-state index contributed by atoms with van der Waals surface area (Å²) in [6, 6.07) is 12.6. The summed E-state index contributed by atoms with van der Waals surface area (Å²) in [6.45, 7) is 37.5. The number of rotatable bonds is 19. The summed E-state index contributed by atoms with van der Waals surface area (Å²) < 4.78 is 40.3. The Morgan fingerprint density at radius 2 is 1.55 bits per heavy atom. The lowest BCUT2D eigenvalue weighted by atomic mass is 9.53. The van der Waals surface area contributed by atoms with Gasteiger partial charge in [0.15, 0.2) is 25.8 Å². The van der Waals surface area contributed by atoms with Gasteiger partial charge in [0, 0.05) is 23.3 Å². The van der Waals surface area contributed by atoms with Crippen LogP contribution in [0.3, 0.4) is 0 Å². The van der Waals surface area contributed by atoms with Gasteiger partial charge in [0.25, 0.3) is 0 Å². The molecule has 0 aromatic heterocycles. The van der Waals surface area contributed by atoms with E-state index in [1.54, 1.807) is 0 Å². The molecular formula is C45H72O8Si2. The molecule has 2 fully saturated rings. The van der Waals surface area contributed by atoms with Gasteiger partial charge in [0.1, 0.15) is 12.9 Å². The molecule has 7 atom stereocenters. The van der Waals surface area contributed by atoms with E-state index in [1.807, 2.05) is 50.3 Å². The first-order valence-electron chi connectivity index (χ1n) is 20.9. The van der Waals surface area contributed by atoms with E-state index in [0.717, 1.165) is 29.3 Å². The van der Waals surface area contributed by atoms with E-state index in [9.17, 15) is 4.79 Å². The summed E-state index contributed by atoms with van der Waals surface area (Å²) >= 11 is 0. The molecule has 1 saturated carbocycles.